The van der Waals surface area contributed by atoms with E-state index in [4.69, 9.17) is 21.1 Å². The van der Waals surface area contributed by atoms with Gasteiger partial charge in [0.15, 0.2) is 5.78 Å². The van der Waals surface area contributed by atoms with E-state index >= 15 is 0 Å². The molecule has 2 N–H and O–H groups in total. The Kier molecular flexibility index (Phi) is 7.57. The summed E-state index contributed by atoms with van der Waals surface area (Å²) in [6.45, 7) is 7.55. The molecule has 2 aliphatic rings. The Labute approximate surface area is 189 Å². The van der Waals surface area contributed by atoms with Crippen LogP contribution in [0.2, 0.25) is 5.02 Å². The highest BCUT2D eigenvalue weighted by Crippen LogP contribution is 2.48. The van der Waals surface area contributed by atoms with E-state index in [0.717, 1.165) is 11.3 Å². The molecule has 1 aromatic carbocycles. The number of carbonyl (C=O) groups excluding carboxylic acids is 2. The summed E-state index contributed by atoms with van der Waals surface area (Å²) in [5.41, 5.74) is 3.02. The van der Waals surface area contributed by atoms with Gasteiger partial charge in [-0.25, -0.2) is 4.79 Å². The van der Waals surface area contributed by atoms with E-state index in [0.29, 0.717) is 47.9 Å². The van der Waals surface area contributed by atoms with E-state index in [1.54, 1.807) is 13.0 Å². The minimum Gasteiger partial charge on any atom is -0.463 e. The molecule has 7 heteroatoms. The van der Waals surface area contributed by atoms with Crippen molar-refractivity contribution < 1.29 is 19.1 Å². The maximum Gasteiger partial charge on any atom is 0.336 e. The molecule has 0 radical (unpaired) electrons. The molecule has 1 unspecified atom stereocenters. The van der Waals surface area contributed by atoms with E-state index in [1.807, 2.05) is 25.2 Å². The van der Waals surface area contributed by atoms with Crippen molar-refractivity contribution in [2.75, 3.05) is 33.4 Å². The van der Waals surface area contributed by atoms with Crippen LogP contribution >= 0.6 is 11.6 Å². The molecule has 0 bridgehead atoms. The van der Waals surface area contributed by atoms with Crippen molar-refractivity contribution in [2.45, 2.75) is 39.5 Å². The predicted octanol–water partition coefficient (Wildman–Crippen LogP) is 3.72. The van der Waals surface area contributed by atoms with Gasteiger partial charge in [-0.1, -0.05) is 43.6 Å². The number of carbonyl (C=O) groups is 2. The van der Waals surface area contributed by atoms with Crippen LogP contribution in [-0.2, 0) is 19.1 Å². The fourth-order valence-corrected chi connectivity index (χ4v) is 4.53. The summed E-state index contributed by atoms with van der Waals surface area (Å²) in [6, 6.07) is 7.35. The van der Waals surface area contributed by atoms with E-state index in [2.05, 4.69) is 24.5 Å². The number of halogens is 1. The van der Waals surface area contributed by atoms with Crippen LogP contribution in [0, 0.1) is 5.41 Å². The second kappa shape index (κ2) is 9.98. The average Bonchev–Trinajstić information content (AvgIpc) is 2.70. The molecule has 0 amide bonds. The zero-order chi connectivity index (χ0) is 22.6. The monoisotopic (exact) mass is 446 g/mol. The van der Waals surface area contributed by atoms with E-state index in [9.17, 15) is 9.59 Å². The zero-order valence-corrected chi connectivity index (χ0v) is 19.4. The molecule has 6 nitrogen and oxygen atoms in total. The third kappa shape index (κ3) is 5.20. The first-order chi connectivity index (χ1) is 14.8. The highest BCUT2D eigenvalue weighted by atomic mass is 35.5. The summed E-state index contributed by atoms with van der Waals surface area (Å²) < 4.78 is 11.2. The Morgan fingerprint density at radius 1 is 1.29 bits per heavy atom. The van der Waals surface area contributed by atoms with E-state index < -0.39 is 11.9 Å². The van der Waals surface area contributed by atoms with Gasteiger partial charge in [-0.15, -0.1) is 0 Å². The molecule has 0 fully saturated rings. The lowest BCUT2D eigenvalue weighted by molar-refractivity contribution is -0.139. The van der Waals surface area contributed by atoms with Gasteiger partial charge in [0.1, 0.15) is 0 Å². The largest absolute Gasteiger partial charge is 0.463 e. The maximum atomic E-state index is 13.3. The Balaban J connectivity index is 2.15. The molecule has 1 heterocycles. The lowest BCUT2D eigenvalue weighted by Gasteiger charge is -2.40. The number of rotatable bonds is 8. The minimum atomic E-state index is -0.587. The summed E-state index contributed by atoms with van der Waals surface area (Å²) in [6.07, 6.45) is 1.11. The highest BCUT2D eigenvalue weighted by Gasteiger charge is 2.44. The van der Waals surface area contributed by atoms with Crippen molar-refractivity contribution >= 4 is 23.4 Å². The SMILES string of the molecule is CCOC(=O)C1=C(COCCNC)NC2=C(C(=O)CC(C)(C)C2)C1c1ccccc1Cl. The number of hydrogen-bond acceptors (Lipinski definition) is 6. The van der Waals surface area contributed by atoms with Gasteiger partial charge in [-0.3, -0.25) is 4.79 Å². The van der Waals surface area contributed by atoms with Gasteiger partial charge >= 0.3 is 5.97 Å². The molecule has 1 atom stereocenters. The minimum absolute atomic E-state index is 0.0284. The number of benzene rings is 1. The number of ketones is 1. The maximum absolute atomic E-state index is 13.3. The van der Waals surface area contributed by atoms with Gasteiger partial charge in [-0.2, -0.15) is 0 Å². The van der Waals surface area contributed by atoms with Gasteiger partial charge in [0.2, 0.25) is 0 Å². The summed E-state index contributed by atoms with van der Waals surface area (Å²) in [7, 11) is 1.85. The number of allylic oxidation sites excluding steroid dienone is 2. The lowest BCUT2D eigenvalue weighted by Crippen LogP contribution is -2.40. The standard InChI is InChI=1S/C24H31ClN2O4/c1-5-31-23(29)22-18(14-30-11-10-26-4)27-17-12-24(2,3)13-19(28)21(17)20(22)15-8-6-7-9-16(15)25/h6-9,20,26-27H,5,10-14H2,1-4H3. The van der Waals surface area contributed by atoms with Crippen LogP contribution in [0.15, 0.2) is 46.8 Å². The zero-order valence-electron chi connectivity index (χ0n) is 18.6. The van der Waals surface area contributed by atoms with Gasteiger partial charge in [0, 0.05) is 35.2 Å². The molecule has 31 heavy (non-hydrogen) atoms. The highest BCUT2D eigenvalue weighted by molar-refractivity contribution is 6.31. The third-order valence-electron chi connectivity index (χ3n) is 5.58. The van der Waals surface area contributed by atoms with Crippen LogP contribution in [0.25, 0.3) is 0 Å². The quantitative estimate of drug-likeness (QED) is 0.468. The first-order valence-corrected chi connectivity index (χ1v) is 11.1. The van der Waals surface area contributed by atoms with Crippen LogP contribution in [0.1, 0.15) is 45.1 Å². The van der Waals surface area contributed by atoms with Crippen molar-refractivity contribution in [1.29, 1.82) is 0 Å². The van der Waals surface area contributed by atoms with Crippen LogP contribution in [0.4, 0.5) is 0 Å². The van der Waals surface area contributed by atoms with Crippen LogP contribution < -0.4 is 10.6 Å². The molecule has 0 spiro atoms. The van der Waals surface area contributed by atoms with Crippen molar-refractivity contribution in [3.63, 3.8) is 0 Å². The Morgan fingerprint density at radius 2 is 2.03 bits per heavy atom. The summed E-state index contributed by atoms with van der Waals surface area (Å²) in [5.74, 6) is -1.02. The fourth-order valence-electron chi connectivity index (χ4n) is 4.28. The molecule has 0 saturated heterocycles. The molecule has 0 saturated carbocycles. The molecule has 1 aliphatic heterocycles. The Morgan fingerprint density at radius 3 is 2.71 bits per heavy atom. The molecule has 168 valence electrons. The van der Waals surface area contributed by atoms with Gasteiger partial charge in [0.25, 0.3) is 0 Å². The van der Waals surface area contributed by atoms with Crippen molar-refractivity contribution in [3.05, 3.63) is 57.4 Å². The van der Waals surface area contributed by atoms with Crippen molar-refractivity contribution in [1.82, 2.24) is 10.6 Å². The first-order valence-electron chi connectivity index (χ1n) is 10.7. The number of ether oxygens (including phenoxy) is 2. The number of dihydropyridines is 1. The van der Waals surface area contributed by atoms with E-state index in [-0.39, 0.29) is 24.4 Å². The number of hydrogen-bond donors (Lipinski definition) is 2. The van der Waals surface area contributed by atoms with E-state index in [1.165, 1.54) is 0 Å². The fraction of sp³-hybridized carbons (Fsp3) is 0.500. The summed E-state index contributed by atoms with van der Waals surface area (Å²) >= 11 is 6.56. The average molecular weight is 447 g/mol. The smallest absolute Gasteiger partial charge is 0.336 e. The van der Waals surface area contributed by atoms with Gasteiger partial charge < -0.3 is 20.1 Å². The number of Topliss-reactive ketones (excluding diaryl/α,β-unsaturated/α-hetero) is 1. The molecule has 3 rings (SSSR count). The Hall–Kier alpha value is -2.15. The van der Waals surface area contributed by atoms with Crippen LogP contribution in [-0.4, -0.2) is 45.2 Å². The normalized spacial score (nSPS) is 20.4. The van der Waals surface area contributed by atoms with Crippen LogP contribution in [0.3, 0.4) is 0 Å². The Bertz CT molecular complexity index is 920. The first kappa shape index (κ1) is 23.5. The summed E-state index contributed by atoms with van der Waals surface area (Å²) in [5, 5.41) is 6.93. The molecule has 0 aromatic heterocycles. The molecular formula is C24H31ClN2O4. The number of esters is 1. The second-order valence-electron chi connectivity index (χ2n) is 8.68. The lowest BCUT2D eigenvalue weighted by atomic mass is 9.68. The van der Waals surface area contributed by atoms with Crippen molar-refractivity contribution in [3.8, 4) is 0 Å². The molecular weight excluding hydrogens is 416 g/mol. The third-order valence-corrected chi connectivity index (χ3v) is 5.92. The molecule has 1 aliphatic carbocycles. The second-order valence-corrected chi connectivity index (χ2v) is 9.09. The summed E-state index contributed by atoms with van der Waals surface area (Å²) in [4.78, 5) is 26.5. The predicted molar refractivity (Wildman–Crippen MR) is 121 cm³/mol. The van der Waals surface area contributed by atoms with Gasteiger partial charge in [0.05, 0.1) is 31.1 Å². The van der Waals surface area contributed by atoms with Gasteiger partial charge in [-0.05, 0) is 37.4 Å². The number of nitrogens with one attached hydrogen (secondary N) is 2. The molecule has 1 aromatic rings. The van der Waals surface area contributed by atoms with Crippen LogP contribution in [0.5, 0.6) is 0 Å². The number of likely N-dealkylation sites (N-methyl/N-ethyl adjacent to an activating group) is 1. The van der Waals surface area contributed by atoms with Crippen molar-refractivity contribution in [2.24, 2.45) is 5.41 Å². The topological polar surface area (TPSA) is 76.7 Å².